The summed E-state index contributed by atoms with van der Waals surface area (Å²) in [6.45, 7) is 2.21. The van der Waals surface area contributed by atoms with Gasteiger partial charge in [0.1, 0.15) is 5.52 Å². The highest BCUT2D eigenvalue weighted by atomic mass is 32.2. The molecule has 84 valence electrons. The minimum Gasteiger partial charge on any atom is -0.430 e. The van der Waals surface area contributed by atoms with Gasteiger partial charge in [-0.05, 0) is 12.1 Å². The predicted molar refractivity (Wildman–Crippen MR) is 68.8 cm³/mol. The zero-order valence-electron chi connectivity index (χ0n) is 8.76. The Morgan fingerprint density at radius 3 is 2.88 bits per heavy atom. The molecule has 1 aliphatic heterocycles. The van der Waals surface area contributed by atoms with Gasteiger partial charge in [0.15, 0.2) is 5.58 Å². The van der Waals surface area contributed by atoms with Gasteiger partial charge in [-0.25, -0.2) is 9.29 Å². The quantitative estimate of drug-likeness (QED) is 0.767. The number of hydrogen-bond acceptors (Lipinski definition) is 5. The fraction of sp³-hybridized carbons (Fsp3) is 0.364. The van der Waals surface area contributed by atoms with Crippen molar-refractivity contribution in [1.29, 1.82) is 0 Å². The van der Waals surface area contributed by atoms with Crippen LogP contribution in [0.15, 0.2) is 33.9 Å². The number of nitrogens with zero attached hydrogens (tertiary/aromatic N) is 2. The molecular formula is C11H12N2OS2. The maximum absolute atomic E-state index is 5.67. The molecule has 0 spiro atoms. The lowest BCUT2D eigenvalue weighted by Gasteiger charge is -2.22. The fourth-order valence-corrected chi connectivity index (χ4v) is 3.62. The largest absolute Gasteiger partial charge is 0.430 e. The number of rotatable bonds is 2. The second-order valence-electron chi connectivity index (χ2n) is 3.58. The lowest BCUT2D eigenvalue weighted by Crippen LogP contribution is -2.26. The summed E-state index contributed by atoms with van der Waals surface area (Å²) in [6.07, 6.45) is 0. The third-order valence-electron chi connectivity index (χ3n) is 2.45. The molecule has 1 saturated heterocycles. The Labute approximate surface area is 103 Å². The zero-order chi connectivity index (χ0) is 10.8. The Balaban J connectivity index is 1.78. The number of benzene rings is 1. The molecule has 3 rings (SSSR count). The summed E-state index contributed by atoms with van der Waals surface area (Å²) in [7, 11) is 0. The first-order valence-corrected chi connectivity index (χ1v) is 7.21. The molecule has 1 fully saturated rings. The second kappa shape index (κ2) is 4.69. The third-order valence-corrected chi connectivity index (χ3v) is 4.35. The van der Waals surface area contributed by atoms with E-state index in [2.05, 4.69) is 9.29 Å². The highest BCUT2D eigenvalue weighted by Crippen LogP contribution is 2.27. The molecule has 0 saturated carbocycles. The molecule has 0 atom stereocenters. The summed E-state index contributed by atoms with van der Waals surface area (Å²) < 4.78 is 7.99. The summed E-state index contributed by atoms with van der Waals surface area (Å²) in [5, 5.41) is 0.758. The van der Waals surface area contributed by atoms with Crippen LogP contribution < -0.4 is 0 Å². The normalized spacial score (nSPS) is 18.0. The Kier molecular flexibility index (Phi) is 3.08. The van der Waals surface area contributed by atoms with E-state index in [-0.39, 0.29) is 0 Å². The van der Waals surface area contributed by atoms with E-state index in [9.17, 15) is 0 Å². The van der Waals surface area contributed by atoms with Crippen LogP contribution in [-0.2, 0) is 0 Å². The summed E-state index contributed by atoms with van der Waals surface area (Å²) >= 11 is 3.64. The van der Waals surface area contributed by atoms with Crippen molar-refractivity contribution in [2.45, 2.75) is 5.22 Å². The zero-order valence-corrected chi connectivity index (χ0v) is 10.4. The number of hydrogen-bond donors (Lipinski definition) is 0. The molecule has 1 aliphatic rings. The van der Waals surface area contributed by atoms with E-state index in [0.29, 0.717) is 0 Å². The van der Waals surface area contributed by atoms with Crippen LogP contribution in [0.4, 0.5) is 0 Å². The minimum atomic E-state index is 0.758. The lowest BCUT2D eigenvalue weighted by molar-refractivity contribution is 0.461. The molecule has 2 aromatic rings. The van der Waals surface area contributed by atoms with Gasteiger partial charge < -0.3 is 4.42 Å². The van der Waals surface area contributed by atoms with Gasteiger partial charge in [0.2, 0.25) is 0 Å². The Morgan fingerprint density at radius 1 is 1.25 bits per heavy atom. The monoisotopic (exact) mass is 252 g/mol. The molecule has 0 bridgehead atoms. The first-order chi connectivity index (χ1) is 7.92. The van der Waals surface area contributed by atoms with Crippen molar-refractivity contribution in [1.82, 2.24) is 9.29 Å². The molecule has 2 heterocycles. The molecule has 5 heteroatoms. The molecular weight excluding hydrogens is 240 g/mol. The van der Waals surface area contributed by atoms with Crippen LogP contribution in [0, 0.1) is 0 Å². The van der Waals surface area contributed by atoms with Gasteiger partial charge in [-0.1, -0.05) is 12.1 Å². The van der Waals surface area contributed by atoms with Crippen molar-refractivity contribution in [2.24, 2.45) is 0 Å². The van der Waals surface area contributed by atoms with Gasteiger partial charge in [-0.3, -0.25) is 0 Å². The van der Waals surface area contributed by atoms with E-state index in [1.54, 1.807) is 11.9 Å². The summed E-state index contributed by atoms with van der Waals surface area (Å²) in [5.41, 5.74) is 1.81. The standard InChI is InChI=1S/C11H12N2OS2/c1-2-4-10-9(3-1)12-11(14-10)16-13-5-7-15-8-6-13/h1-4H,5-8H2. The molecule has 0 amide bonds. The van der Waals surface area contributed by atoms with Crippen LogP contribution in [0.5, 0.6) is 0 Å². The molecule has 1 aromatic heterocycles. The number of aromatic nitrogens is 1. The van der Waals surface area contributed by atoms with Crippen molar-refractivity contribution >= 4 is 34.8 Å². The van der Waals surface area contributed by atoms with Gasteiger partial charge in [0, 0.05) is 36.5 Å². The van der Waals surface area contributed by atoms with E-state index >= 15 is 0 Å². The Morgan fingerprint density at radius 2 is 2.06 bits per heavy atom. The minimum absolute atomic E-state index is 0.758. The Hall–Kier alpha value is -0.650. The van der Waals surface area contributed by atoms with Gasteiger partial charge in [0.05, 0.1) is 0 Å². The van der Waals surface area contributed by atoms with E-state index in [0.717, 1.165) is 29.4 Å². The van der Waals surface area contributed by atoms with Crippen LogP contribution in [0.3, 0.4) is 0 Å². The van der Waals surface area contributed by atoms with E-state index in [1.807, 2.05) is 36.0 Å². The average molecular weight is 252 g/mol. The molecule has 1 aromatic carbocycles. The van der Waals surface area contributed by atoms with Crippen LogP contribution >= 0.6 is 23.7 Å². The van der Waals surface area contributed by atoms with Crippen LogP contribution in [-0.4, -0.2) is 33.9 Å². The molecule has 0 N–H and O–H groups in total. The topological polar surface area (TPSA) is 29.3 Å². The third kappa shape index (κ3) is 2.21. The van der Waals surface area contributed by atoms with Crippen LogP contribution in [0.25, 0.3) is 11.1 Å². The lowest BCUT2D eigenvalue weighted by atomic mass is 10.3. The van der Waals surface area contributed by atoms with Gasteiger partial charge in [-0.2, -0.15) is 11.8 Å². The van der Waals surface area contributed by atoms with E-state index in [1.165, 1.54) is 11.5 Å². The fourth-order valence-electron chi connectivity index (χ4n) is 1.64. The van der Waals surface area contributed by atoms with Crippen molar-refractivity contribution in [3.8, 4) is 0 Å². The highest BCUT2D eigenvalue weighted by molar-refractivity contribution is 8.00. The summed E-state index contributed by atoms with van der Waals surface area (Å²) in [5.74, 6) is 2.40. The smallest absolute Gasteiger partial charge is 0.272 e. The highest BCUT2D eigenvalue weighted by Gasteiger charge is 2.15. The molecule has 0 unspecified atom stereocenters. The first-order valence-electron chi connectivity index (χ1n) is 5.28. The predicted octanol–water partition coefficient (Wildman–Crippen LogP) is 2.88. The number of fused-ring (bicyclic) bond motifs is 1. The van der Waals surface area contributed by atoms with E-state index in [4.69, 9.17) is 4.42 Å². The molecule has 3 nitrogen and oxygen atoms in total. The average Bonchev–Trinajstić information content (AvgIpc) is 2.72. The summed E-state index contributed by atoms with van der Waals surface area (Å²) in [6, 6.07) is 7.89. The van der Waals surface area contributed by atoms with Crippen LogP contribution in [0.2, 0.25) is 0 Å². The van der Waals surface area contributed by atoms with Gasteiger partial charge >= 0.3 is 0 Å². The maximum atomic E-state index is 5.67. The maximum Gasteiger partial charge on any atom is 0.272 e. The summed E-state index contributed by atoms with van der Waals surface area (Å²) in [4.78, 5) is 4.45. The van der Waals surface area contributed by atoms with Crippen molar-refractivity contribution in [2.75, 3.05) is 24.6 Å². The van der Waals surface area contributed by atoms with Gasteiger partial charge in [-0.15, -0.1) is 0 Å². The van der Waals surface area contributed by atoms with Gasteiger partial charge in [0.25, 0.3) is 5.22 Å². The molecule has 0 radical (unpaired) electrons. The molecule has 16 heavy (non-hydrogen) atoms. The van der Waals surface area contributed by atoms with E-state index < -0.39 is 0 Å². The number of thioether (sulfide) groups is 1. The Bertz CT molecular complexity index is 447. The van der Waals surface area contributed by atoms with Crippen LogP contribution in [0.1, 0.15) is 0 Å². The second-order valence-corrected chi connectivity index (χ2v) is 5.85. The SMILES string of the molecule is c1ccc2oc(SN3CCSCC3)nc2c1. The molecule has 0 aliphatic carbocycles. The number of oxazole rings is 1. The number of para-hydroxylation sites is 2. The van der Waals surface area contributed by atoms with Crippen molar-refractivity contribution in [3.63, 3.8) is 0 Å². The first kappa shape index (κ1) is 10.5. The van der Waals surface area contributed by atoms with Crippen molar-refractivity contribution in [3.05, 3.63) is 24.3 Å². The van der Waals surface area contributed by atoms with Crippen molar-refractivity contribution < 1.29 is 4.42 Å².